The van der Waals surface area contributed by atoms with Crippen molar-refractivity contribution in [3.63, 3.8) is 0 Å². The van der Waals surface area contributed by atoms with Gasteiger partial charge in [0.1, 0.15) is 5.82 Å². The van der Waals surface area contributed by atoms with Crippen LogP contribution in [0.15, 0.2) is 30.9 Å². The van der Waals surface area contributed by atoms with Crippen LogP contribution in [-0.4, -0.2) is 31.9 Å². The van der Waals surface area contributed by atoms with E-state index in [1.54, 1.807) is 23.4 Å². The normalized spacial score (nSPS) is 14.3. The van der Waals surface area contributed by atoms with Gasteiger partial charge in [-0.15, -0.1) is 0 Å². The fraction of sp³-hybridized carbons (Fsp3) is 0.250. The van der Waals surface area contributed by atoms with Crippen LogP contribution >= 0.6 is 0 Å². The molecule has 0 saturated heterocycles. The molecule has 1 amide bonds. The summed E-state index contributed by atoms with van der Waals surface area (Å²) >= 11 is 0. The molecular formula is C12H13N5O. The summed E-state index contributed by atoms with van der Waals surface area (Å²) in [6.07, 6.45) is 6.77. The van der Waals surface area contributed by atoms with Crippen molar-refractivity contribution >= 4 is 11.6 Å². The molecule has 0 saturated carbocycles. The maximum atomic E-state index is 12.3. The summed E-state index contributed by atoms with van der Waals surface area (Å²) in [6.45, 7) is 1.94. The minimum absolute atomic E-state index is 0.0881. The molecule has 18 heavy (non-hydrogen) atoms. The largest absolute Gasteiger partial charge is 0.398 e. The third kappa shape index (κ3) is 1.71. The number of nitrogens with two attached hydrogens (primary N) is 1. The molecule has 3 rings (SSSR count). The Morgan fingerprint density at radius 2 is 2.22 bits per heavy atom. The van der Waals surface area contributed by atoms with Crippen LogP contribution in [0.5, 0.6) is 0 Å². The van der Waals surface area contributed by atoms with Gasteiger partial charge in [0.2, 0.25) is 0 Å². The second-order valence-electron chi connectivity index (χ2n) is 4.23. The topological polar surface area (TPSA) is 77.0 Å². The lowest BCUT2D eigenvalue weighted by molar-refractivity contribution is 0.0708. The number of rotatable bonds is 1. The number of imidazole rings is 1. The van der Waals surface area contributed by atoms with Gasteiger partial charge in [-0.1, -0.05) is 0 Å². The summed E-state index contributed by atoms with van der Waals surface area (Å²) in [5.41, 5.74) is 6.71. The summed E-state index contributed by atoms with van der Waals surface area (Å²) in [5.74, 6) is 0.812. The average molecular weight is 243 g/mol. The Labute approximate surface area is 104 Å². The number of nitrogen functional groups attached to an aromatic ring is 1. The van der Waals surface area contributed by atoms with Gasteiger partial charge in [0.15, 0.2) is 0 Å². The van der Waals surface area contributed by atoms with E-state index in [2.05, 4.69) is 14.5 Å². The van der Waals surface area contributed by atoms with Crippen LogP contribution in [0.2, 0.25) is 0 Å². The first kappa shape index (κ1) is 10.8. The summed E-state index contributed by atoms with van der Waals surface area (Å²) < 4.78 is 2.05. The van der Waals surface area contributed by atoms with E-state index >= 15 is 0 Å². The van der Waals surface area contributed by atoms with Crippen molar-refractivity contribution in [3.8, 4) is 0 Å². The number of carbonyl (C=O) groups excluding carboxylic acids is 1. The van der Waals surface area contributed by atoms with Crippen LogP contribution in [0, 0.1) is 0 Å². The highest BCUT2D eigenvalue weighted by atomic mass is 16.2. The first-order valence-corrected chi connectivity index (χ1v) is 5.74. The first-order valence-electron chi connectivity index (χ1n) is 5.74. The van der Waals surface area contributed by atoms with E-state index in [-0.39, 0.29) is 5.91 Å². The summed E-state index contributed by atoms with van der Waals surface area (Å²) in [5, 5.41) is 0. The van der Waals surface area contributed by atoms with Crippen LogP contribution in [-0.2, 0) is 13.1 Å². The molecular weight excluding hydrogens is 230 g/mol. The van der Waals surface area contributed by atoms with Gasteiger partial charge in [0.05, 0.1) is 12.1 Å². The molecule has 6 heteroatoms. The van der Waals surface area contributed by atoms with Gasteiger partial charge in [0.25, 0.3) is 5.91 Å². The van der Waals surface area contributed by atoms with Crippen LogP contribution in [0.3, 0.4) is 0 Å². The smallest absolute Gasteiger partial charge is 0.257 e. The highest BCUT2D eigenvalue weighted by Gasteiger charge is 2.23. The molecule has 0 unspecified atom stereocenters. The monoisotopic (exact) mass is 243 g/mol. The number of aromatic nitrogens is 3. The number of amides is 1. The molecule has 0 radical (unpaired) electrons. The van der Waals surface area contributed by atoms with Crippen molar-refractivity contribution in [1.29, 1.82) is 0 Å². The maximum Gasteiger partial charge on any atom is 0.257 e. The molecule has 0 atom stereocenters. The number of hydrogen-bond donors (Lipinski definition) is 1. The zero-order valence-corrected chi connectivity index (χ0v) is 9.78. The standard InChI is InChI=1S/C12H13N5O/c13-10-1-2-14-7-9(10)12(18)17-6-5-16-4-3-15-11(16)8-17/h1-4,7H,5-6,8H2,(H2,13,14). The molecule has 6 nitrogen and oxygen atoms in total. The SMILES string of the molecule is Nc1ccncc1C(=O)N1CCn2ccnc2C1. The summed E-state index contributed by atoms with van der Waals surface area (Å²) in [7, 11) is 0. The van der Waals surface area contributed by atoms with Crippen molar-refractivity contribution in [3.05, 3.63) is 42.2 Å². The molecule has 0 aromatic carbocycles. The lowest BCUT2D eigenvalue weighted by Gasteiger charge is -2.27. The number of carbonyl (C=O) groups is 1. The Hall–Kier alpha value is -2.37. The summed E-state index contributed by atoms with van der Waals surface area (Å²) in [6, 6.07) is 1.64. The van der Waals surface area contributed by atoms with Crippen LogP contribution in [0.4, 0.5) is 5.69 Å². The van der Waals surface area contributed by atoms with Gasteiger partial charge in [-0.2, -0.15) is 0 Å². The Bertz CT molecular complexity index is 592. The molecule has 0 aliphatic carbocycles. The van der Waals surface area contributed by atoms with Gasteiger partial charge >= 0.3 is 0 Å². The van der Waals surface area contributed by atoms with Crippen molar-refractivity contribution in [2.24, 2.45) is 0 Å². The first-order chi connectivity index (χ1) is 8.75. The Morgan fingerprint density at radius 3 is 3.06 bits per heavy atom. The minimum atomic E-state index is -0.0881. The van der Waals surface area contributed by atoms with Crippen molar-refractivity contribution in [2.75, 3.05) is 12.3 Å². The summed E-state index contributed by atoms with van der Waals surface area (Å²) in [4.78, 5) is 22.2. The van der Waals surface area contributed by atoms with Crippen LogP contribution in [0.25, 0.3) is 0 Å². The zero-order valence-electron chi connectivity index (χ0n) is 9.78. The zero-order chi connectivity index (χ0) is 12.5. The van der Waals surface area contributed by atoms with E-state index < -0.39 is 0 Å². The van der Waals surface area contributed by atoms with Crippen molar-refractivity contribution in [2.45, 2.75) is 13.1 Å². The molecule has 0 spiro atoms. The molecule has 1 aliphatic heterocycles. The Morgan fingerprint density at radius 1 is 1.33 bits per heavy atom. The highest BCUT2D eigenvalue weighted by Crippen LogP contribution is 2.16. The third-order valence-corrected chi connectivity index (χ3v) is 3.12. The lowest BCUT2D eigenvalue weighted by atomic mass is 10.2. The molecule has 0 bridgehead atoms. The quantitative estimate of drug-likeness (QED) is 0.792. The Kier molecular flexibility index (Phi) is 2.47. The predicted octanol–water partition coefficient (Wildman–Crippen LogP) is 0.516. The van der Waals surface area contributed by atoms with Crippen LogP contribution in [0.1, 0.15) is 16.2 Å². The van der Waals surface area contributed by atoms with Gasteiger partial charge in [-0.25, -0.2) is 4.98 Å². The van der Waals surface area contributed by atoms with Crippen LogP contribution < -0.4 is 5.73 Å². The predicted molar refractivity (Wildman–Crippen MR) is 65.6 cm³/mol. The minimum Gasteiger partial charge on any atom is -0.398 e. The molecule has 2 aromatic rings. The Balaban J connectivity index is 1.85. The molecule has 92 valence electrons. The second-order valence-corrected chi connectivity index (χ2v) is 4.23. The fourth-order valence-electron chi connectivity index (χ4n) is 2.10. The van der Waals surface area contributed by atoms with Gasteiger partial charge < -0.3 is 15.2 Å². The van der Waals surface area contributed by atoms with Gasteiger partial charge in [-0.3, -0.25) is 9.78 Å². The number of fused-ring (bicyclic) bond motifs is 1. The van der Waals surface area contributed by atoms with E-state index in [0.29, 0.717) is 24.3 Å². The molecule has 2 N–H and O–H groups in total. The number of anilines is 1. The van der Waals surface area contributed by atoms with E-state index in [0.717, 1.165) is 12.4 Å². The van der Waals surface area contributed by atoms with E-state index in [1.807, 2.05) is 6.20 Å². The maximum absolute atomic E-state index is 12.3. The average Bonchev–Trinajstić information content (AvgIpc) is 2.85. The number of pyridine rings is 1. The van der Waals surface area contributed by atoms with Gasteiger partial charge in [0, 0.05) is 43.6 Å². The number of hydrogen-bond acceptors (Lipinski definition) is 4. The fourth-order valence-corrected chi connectivity index (χ4v) is 2.10. The van der Waals surface area contributed by atoms with E-state index in [1.165, 1.54) is 6.20 Å². The molecule has 3 heterocycles. The van der Waals surface area contributed by atoms with Crippen molar-refractivity contribution in [1.82, 2.24) is 19.4 Å². The third-order valence-electron chi connectivity index (χ3n) is 3.12. The lowest BCUT2D eigenvalue weighted by Crippen LogP contribution is -2.38. The number of nitrogens with zero attached hydrogens (tertiary/aromatic N) is 4. The van der Waals surface area contributed by atoms with Gasteiger partial charge in [-0.05, 0) is 6.07 Å². The molecule has 2 aromatic heterocycles. The molecule has 1 aliphatic rings. The van der Waals surface area contributed by atoms with E-state index in [4.69, 9.17) is 5.73 Å². The van der Waals surface area contributed by atoms with Crippen molar-refractivity contribution < 1.29 is 4.79 Å². The highest BCUT2D eigenvalue weighted by molar-refractivity contribution is 5.98. The second kappa shape index (κ2) is 4.14. The molecule has 0 fully saturated rings. The van der Waals surface area contributed by atoms with E-state index in [9.17, 15) is 4.79 Å².